The third-order valence-electron chi connectivity index (χ3n) is 24.4. The minimum Gasteiger partial charge on any atom is -0.450 e. The van der Waals surface area contributed by atoms with E-state index in [1.165, 1.54) is 18.2 Å². The highest BCUT2D eigenvalue weighted by Crippen LogP contribution is 2.52. The van der Waals surface area contributed by atoms with Crippen molar-refractivity contribution in [3.05, 3.63) is 106 Å². The van der Waals surface area contributed by atoms with E-state index in [0.717, 1.165) is 169 Å². The molecular weight excluding hydrogens is 1330 g/mol. The van der Waals surface area contributed by atoms with E-state index in [4.69, 9.17) is 23.7 Å². The van der Waals surface area contributed by atoms with Crippen LogP contribution in [0, 0.1) is 24.4 Å². The molecule has 12 heterocycles. The predicted molar refractivity (Wildman–Crippen MR) is 380 cm³/mol. The molecule has 8 fully saturated rings. The zero-order valence-electron chi connectivity index (χ0n) is 60.6. The fourth-order valence-electron chi connectivity index (χ4n) is 18.7. The Morgan fingerprint density at radius 1 is 0.544 bits per heavy atom. The van der Waals surface area contributed by atoms with Crippen LogP contribution in [0.1, 0.15) is 144 Å². The van der Waals surface area contributed by atoms with Gasteiger partial charge in [0, 0.05) is 138 Å². The van der Waals surface area contributed by atoms with E-state index < -0.39 is 12.8 Å². The number of aromatic nitrogens is 2. The van der Waals surface area contributed by atoms with Gasteiger partial charge in [0.1, 0.15) is 36.8 Å². The summed E-state index contributed by atoms with van der Waals surface area (Å²) < 4.78 is 83.2. The van der Waals surface area contributed by atoms with E-state index >= 15 is 0 Å². The third-order valence-corrected chi connectivity index (χ3v) is 24.4. The van der Waals surface area contributed by atoms with Crippen molar-refractivity contribution in [3.63, 3.8) is 0 Å². The molecule has 7 amide bonds. The largest absolute Gasteiger partial charge is 0.450 e. The van der Waals surface area contributed by atoms with Crippen molar-refractivity contribution in [2.45, 2.75) is 170 Å². The maximum atomic E-state index is 14.5. The lowest BCUT2D eigenvalue weighted by Crippen LogP contribution is -2.55. The number of benzene rings is 3. The number of nitrogens with zero attached hydrogens (tertiary/aromatic N) is 12. The normalized spacial score (nSPS) is 24.3. The lowest BCUT2D eigenvalue weighted by Gasteiger charge is -2.47. The average Bonchev–Trinajstić information content (AvgIpc) is 1.58. The van der Waals surface area contributed by atoms with E-state index in [1.807, 2.05) is 43.7 Å². The van der Waals surface area contributed by atoms with Gasteiger partial charge < -0.3 is 62.9 Å². The van der Waals surface area contributed by atoms with E-state index in [9.17, 15) is 46.3 Å². The van der Waals surface area contributed by atoms with Crippen molar-refractivity contribution in [3.8, 4) is 0 Å². The lowest BCUT2D eigenvalue weighted by atomic mass is 9.73. The fourth-order valence-corrected chi connectivity index (χ4v) is 18.7. The second kappa shape index (κ2) is 31.1. The van der Waals surface area contributed by atoms with Gasteiger partial charge >= 0.3 is 30.4 Å². The van der Waals surface area contributed by atoms with Crippen LogP contribution in [-0.4, -0.2) is 256 Å². The van der Waals surface area contributed by atoms with Gasteiger partial charge in [-0.2, -0.15) is 5.10 Å². The quantitative estimate of drug-likeness (QED) is 0.113. The Morgan fingerprint density at radius 3 is 1.42 bits per heavy atom. The summed E-state index contributed by atoms with van der Waals surface area (Å²) in [6.45, 7) is 16.2. The Morgan fingerprint density at radius 2 is 0.981 bits per heavy atom. The summed E-state index contributed by atoms with van der Waals surface area (Å²) in [4.78, 5) is 95.6. The summed E-state index contributed by atoms with van der Waals surface area (Å²) in [6.07, 6.45) is 12.1. The van der Waals surface area contributed by atoms with Crippen molar-refractivity contribution < 1.29 is 71.4 Å². The average molecular weight is 1440 g/mol. The number of amides is 7. The Balaban J connectivity index is 0.000000146. The molecular formula is C76H104F4N12O11. The molecule has 11 aliphatic heterocycles. The molecule has 27 heteroatoms. The Kier molecular flexibility index (Phi) is 22.2. The van der Waals surface area contributed by atoms with Gasteiger partial charge in [-0.25, -0.2) is 41.5 Å². The van der Waals surface area contributed by atoms with Crippen LogP contribution in [0.15, 0.2) is 60.7 Å². The summed E-state index contributed by atoms with van der Waals surface area (Å²) in [6, 6.07) is 17.8. The summed E-state index contributed by atoms with van der Waals surface area (Å²) in [5.41, 5.74) is 5.82. The molecule has 0 N–H and O–H groups in total. The van der Waals surface area contributed by atoms with Crippen LogP contribution in [-0.2, 0) is 47.0 Å². The summed E-state index contributed by atoms with van der Waals surface area (Å²) >= 11 is 0. The summed E-state index contributed by atoms with van der Waals surface area (Å²) in [5, 5.41) is 4.41. The molecule has 3 aromatic carbocycles. The zero-order valence-corrected chi connectivity index (χ0v) is 60.6. The first-order chi connectivity index (χ1) is 49.6. The molecule has 103 heavy (non-hydrogen) atoms. The number of ether oxygens (including phenoxy) is 5. The predicted octanol–water partition coefficient (Wildman–Crippen LogP) is 11.0. The van der Waals surface area contributed by atoms with Gasteiger partial charge in [0.25, 0.3) is 5.91 Å². The molecule has 3 atom stereocenters. The topological polar surface area (TPSA) is 199 Å². The molecule has 562 valence electrons. The molecule has 11 aliphatic rings. The molecule has 0 saturated carbocycles. The second-order valence-corrected chi connectivity index (χ2v) is 30.4. The van der Waals surface area contributed by atoms with Crippen LogP contribution >= 0.6 is 0 Å². The fraction of sp³-hybridized carbons (Fsp3) is 0.645. The van der Waals surface area contributed by atoms with Crippen LogP contribution < -0.4 is 14.7 Å². The standard InChI is InChI=1S/C28H36FN5O3.C25H34FN3O5.C23H32F2N4O3.H2/c1-4-37-27(36)34-20-6-7-21(34)16-22(15-20)32-11-9-28(10-12-32)17-33(25-8-5-19(29)14-23(25)28)26(35)24-13-18(2)31(3)30-24;1-2-33-23(30)28-10-5-19(6-11-28)27-12-8-25(9-13-27)17-29(22-4-3-18(26)15-21(22)25)24(31)34-20-7-14-32-16-20;1-26(2)21(30)29-16-23(19-15-17(25)3-4-20(19)29)7-12-27(13-8-23)18-5-10-28(11-6-18)22(31)32-14-9-24;/h5,8,13-14,20-22H,4,6-7,9-12,15-17H2,1-3H3;3-4,15,19-20H,2,5-14,16-17H2,1H3;3-4,15,18H,5-14,16H2,1-2H3;1H. The van der Waals surface area contributed by atoms with Gasteiger partial charge in [-0.1, -0.05) is 0 Å². The smallest absolute Gasteiger partial charge is 0.414 e. The van der Waals surface area contributed by atoms with Gasteiger partial charge in [0.2, 0.25) is 0 Å². The lowest BCUT2D eigenvalue weighted by molar-refractivity contribution is 0.0281. The number of fused-ring (bicyclic) bond motifs is 8. The SMILES string of the molecule is CCOC(=O)N1C2CCC1CC(N1CCC3(CC1)CN(C(=O)c1cc(C)n(C)n1)c1ccc(F)cc13)C2.CCOC(=O)N1CCC(N2CCC3(CC2)CN(C(=O)OC2CCOC2)c2ccc(F)cc23)CC1.CN(C)C(=O)N1CC2(CCN(C3CCN(C(=O)OCCF)CC3)CC2)c2cc(F)ccc21.[HH]. The highest BCUT2D eigenvalue weighted by Gasteiger charge is 2.53. The first kappa shape index (κ1) is 73.6. The van der Waals surface area contributed by atoms with Crippen molar-refractivity contribution in [1.29, 1.82) is 0 Å². The minimum atomic E-state index is -0.664. The van der Waals surface area contributed by atoms with E-state index in [0.29, 0.717) is 102 Å². The monoisotopic (exact) mass is 1440 g/mol. The van der Waals surface area contributed by atoms with Crippen molar-refractivity contribution in [1.82, 2.24) is 44.1 Å². The number of aryl methyl sites for hydroxylation is 2. The zero-order chi connectivity index (χ0) is 72.5. The molecule has 2 bridgehead atoms. The van der Waals surface area contributed by atoms with Crippen LogP contribution in [0.25, 0.3) is 0 Å². The number of rotatable bonds is 9. The van der Waals surface area contributed by atoms with E-state index in [1.54, 1.807) is 79.7 Å². The van der Waals surface area contributed by atoms with Crippen LogP contribution in [0.4, 0.5) is 58.6 Å². The number of urea groups is 1. The highest BCUT2D eigenvalue weighted by atomic mass is 19.1. The molecule has 1 aromatic heterocycles. The van der Waals surface area contributed by atoms with Crippen molar-refractivity contribution in [2.75, 3.05) is 154 Å². The highest BCUT2D eigenvalue weighted by molar-refractivity contribution is 6.06. The summed E-state index contributed by atoms with van der Waals surface area (Å²) in [7, 11) is 5.30. The maximum Gasteiger partial charge on any atom is 0.414 e. The first-order valence-electron chi connectivity index (χ1n) is 37.5. The second-order valence-electron chi connectivity index (χ2n) is 30.4. The number of piperidine rings is 6. The van der Waals surface area contributed by atoms with Gasteiger partial charge in [-0.05, 0) is 227 Å². The van der Waals surface area contributed by atoms with Crippen molar-refractivity contribution in [2.24, 2.45) is 7.05 Å². The first-order valence-corrected chi connectivity index (χ1v) is 37.5. The number of anilines is 3. The number of alkyl halides is 1. The molecule has 0 radical (unpaired) electrons. The number of hydrogen-bond acceptors (Lipinski definition) is 15. The minimum absolute atomic E-state index is 0. The summed E-state index contributed by atoms with van der Waals surface area (Å²) in [5.74, 6) is -0.923. The van der Waals surface area contributed by atoms with E-state index in [-0.39, 0.29) is 90.1 Å². The molecule has 0 aliphatic carbocycles. The molecule has 3 unspecified atom stereocenters. The van der Waals surface area contributed by atoms with Gasteiger partial charge in [0.15, 0.2) is 5.69 Å². The van der Waals surface area contributed by atoms with Crippen molar-refractivity contribution >= 4 is 53.4 Å². The maximum absolute atomic E-state index is 14.5. The Hall–Kier alpha value is -7.75. The molecule has 4 aromatic rings. The van der Waals surface area contributed by atoms with Gasteiger partial charge in [-0.3, -0.25) is 19.3 Å². The number of hydrogen-bond donors (Lipinski definition) is 0. The number of likely N-dealkylation sites (tertiary alicyclic amines) is 5. The van der Waals surface area contributed by atoms with Gasteiger partial charge in [-0.15, -0.1) is 0 Å². The molecule has 23 nitrogen and oxygen atoms in total. The number of halogens is 4. The molecule has 15 rings (SSSR count). The molecule has 3 spiro atoms. The van der Waals surface area contributed by atoms with Crippen LogP contribution in [0.2, 0.25) is 0 Å². The van der Waals surface area contributed by atoms with Crippen LogP contribution in [0.3, 0.4) is 0 Å². The Bertz CT molecular complexity index is 3700. The van der Waals surface area contributed by atoms with Crippen LogP contribution in [0.5, 0.6) is 0 Å². The molecule has 8 saturated heterocycles. The Labute approximate surface area is 603 Å². The van der Waals surface area contributed by atoms with E-state index in [2.05, 4.69) is 19.8 Å². The number of carbonyl (C=O) groups excluding carboxylic acids is 6. The van der Waals surface area contributed by atoms with Gasteiger partial charge in [0.05, 0.1) is 32.1 Å². The number of carbonyl (C=O) groups is 6. The third kappa shape index (κ3) is 15.1.